The summed E-state index contributed by atoms with van der Waals surface area (Å²) in [7, 11) is 0. The minimum Gasteiger partial charge on any atom is -0.455 e. The lowest BCUT2D eigenvalue weighted by Crippen LogP contribution is -2.43. The third-order valence-corrected chi connectivity index (χ3v) is 5.30. The number of nitro benzene ring substituents is 1. The molecule has 1 fully saturated rings. The largest absolute Gasteiger partial charge is 0.455 e. The summed E-state index contributed by atoms with van der Waals surface area (Å²) < 4.78 is 4.94. The highest BCUT2D eigenvalue weighted by atomic mass is 35.5. The second kappa shape index (κ2) is 10.3. The van der Waals surface area contributed by atoms with Crippen LogP contribution in [0, 0.1) is 16.0 Å². The summed E-state index contributed by atoms with van der Waals surface area (Å²) in [6.07, 6.45) is -0.215. The molecule has 2 N–H and O–H groups in total. The molecule has 13 heteroatoms. The fraction of sp³-hybridized carbons (Fsp3) is 0.200. The molecule has 0 aliphatic carbocycles. The average Bonchev–Trinajstić information content (AvgIpc) is 3.14. The molecule has 0 unspecified atom stereocenters. The first-order valence-corrected chi connectivity index (χ1v) is 10.2. The molecule has 1 aliphatic rings. The number of ether oxygens (including phenoxy) is 1. The Morgan fingerprint density at radius 1 is 1.15 bits per heavy atom. The normalized spacial score (nSPS) is 15.2. The molecule has 1 saturated heterocycles. The van der Waals surface area contributed by atoms with Crippen molar-refractivity contribution in [3.8, 4) is 0 Å². The molecular weight excluding hydrogens is 479 g/mol. The van der Waals surface area contributed by atoms with E-state index in [1.165, 1.54) is 36.4 Å². The van der Waals surface area contributed by atoms with Crippen LogP contribution in [0.15, 0.2) is 42.5 Å². The molecule has 2 aromatic rings. The number of benzene rings is 2. The predicted octanol–water partition coefficient (Wildman–Crippen LogP) is 2.58. The summed E-state index contributed by atoms with van der Waals surface area (Å²) in [5.41, 5.74) is 2.51. The zero-order chi connectivity index (χ0) is 24.1. The van der Waals surface area contributed by atoms with Crippen LogP contribution in [0.2, 0.25) is 10.0 Å². The summed E-state index contributed by atoms with van der Waals surface area (Å²) in [4.78, 5) is 58.9. The lowest BCUT2D eigenvalue weighted by atomic mass is 10.1. The SMILES string of the molecule is O=C(COC(=O)[C@@H]1CC(=O)N(NC(=O)c2ccc(Cl)c(Cl)c2)C1)Nc1cccc([N+](=O)[O-])c1. The van der Waals surface area contributed by atoms with Gasteiger partial charge in [-0.15, -0.1) is 0 Å². The van der Waals surface area contributed by atoms with Crippen molar-refractivity contribution in [1.82, 2.24) is 10.4 Å². The van der Waals surface area contributed by atoms with E-state index in [2.05, 4.69) is 10.7 Å². The highest BCUT2D eigenvalue weighted by molar-refractivity contribution is 6.42. The number of carbonyl (C=O) groups excluding carboxylic acids is 4. The molecule has 1 atom stereocenters. The monoisotopic (exact) mass is 494 g/mol. The lowest BCUT2D eigenvalue weighted by molar-refractivity contribution is -0.384. The van der Waals surface area contributed by atoms with E-state index >= 15 is 0 Å². The van der Waals surface area contributed by atoms with Gasteiger partial charge in [0.15, 0.2) is 6.61 Å². The average molecular weight is 495 g/mol. The van der Waals surface area contributed by atoms with Crippen LogP contribution in [0.4, 0.5) is 11.4 Å². The lowest BCUT2D eigenvalue weighted by Gasteiger charge is -2.17. The second-order valence-electron chi connectivity index (χ2n) is 6.94. The summed E-state index contributed by atoms with van der Waals surface area (Å²) in [5, 5.41) is 14.6. The standard InChI is InChI=1S/C20H16Cl2N4O7/c21-15-5-4-11(6-16(15)22)19(29)24-25-9-12(7-18(25)28)20(30)33-10-17(27)23-13-2-1-3-14(8-13)26(31)32/h1-6,8,12H,7,9-10H2,(H,23,27)(H,24,29)/t12-/m1/s1. The van der Waals surface area contributed by atoms with Gasteiger partial charge in [0.2, 0.25) is 5.91 Å². The molecule has 0 radical (unpaired) electrons. The summed E-state index contributed by atoms with van der Waals surface area (Å²) in [6.45, 7) is -0.793. The van der Waals surface area contributed by atoms with Gasteiger partial charge in [0.05, 0.1) is 27.4 Å². The number of nitro groups is 1. The van der Waals surface area contributed by atoms with Gasteiger partial charge in [0, 0.05) is 29.8 Å². The first-order valence-electron chi connectivity index (χ1n) is 9.41. The third kappa shape index (κ3) is 6.18. The number of carbonyl (C=O) groups is 4. The summed E-state index contributed by atoms with van der Waals surface area (Å²) in [6, 6.07) is 9.45. The van der Waals surface area contributed by atoms with Crippen LogP contribution < -0.4 is 10.7 Å². The molecule has 0 aromatic heterocycles. The van der Waals surface area contributed by atoms with Crippen LogP contribution in [0.25, 0.3) is 0 Å². The van der Waals surface area contributed by atoms with Crippen molar-refractivity contribution in [2.75, 3.05) is 18.5 Å². The minimum atomic E-state index is -0.891. The van der Waals surface area contributed by atoms with Crippen molar-refractivity contribution >= 4 is 58.3 Å². The van der Waals surface area contributed by atoms with E-state index in [0.717, 1.165) is 11.1 Å². The number of rotatable bonds is 7. The number of halogens is 2. The molecule has 0 bridgehead atoms. The molecule has 1 heterocycles. The Balaban J connectivity index is 1.50. The van der Waals surface area contributed by atoms with Gasteiger partial charge in [-0.05, 0) is 24.3 Å². The van der Waals surface area contributed by atoms with Gasteiger partial charge in [-0.3, -0.25) is 39.7 Å². The first-order chi connectivity index (χ1) is 15.6. The Morgan fingerprint density at radius 2 is 1.91 bits per heavy atom. The van der Waals surface area contributed by atoms with Crippen LogP contribution in [0.5, 0.6) is 0 Å². The third-order valence-electron chi connectivity index (χ3n) is 4.56. The number of non-ortho nitro benzene ring substituents is 1. The van der Waals surface area contributed by atoms with Gasteiger partial charge in [0.25, 0.3) is 17.5 Å². The maximum atomic E-state index is 12.3. The molecule has 0 saturated carbocycles. The van der Waals surface area contributed by atoms with Crippen molar-refractivity contribution in [3.05, 3.63) is 68.2 Å². The Kier molecular flexibility index (Phi) is 7.46. The molecule has 33 heavy (non-hydrogen) atoms. The number of nitrogens with one attached hydrogen (secondary N) is 2. The van der Waals surface area contributed by atoms with E-state index in [4.69, 9.17) is 27.9 Å². The zero-order valence-corrected chi connectivity index (χ0v) is 18.3. The fourth-order valence-electron chi connectivity index (χ4n) is 2.95. The van der Waals surface area contributed by atoms with Crippen molar-refractivity contribution in [1.29, 1.82) is 0 Å². The van der Waals surface area contributed by atoms with E-state index < -0.39 is 41.1 Å². The fourth-order valence-corrected chi connectivity index (χ4v) is 3.25. The highest BCUT2D eigenvalue weighted by Crippen LogP contribution is 2.23. The smallest absolute Gasteiger partial charge is 0.311 e. The first kappa shape index (κ1) is 24.0. The number of esters is 1. The Morgan fingerprint density at radius 3 is 2.61 bits per heavy atom. The number of amides is 3. The van der Waals surface area contributed by atoms with Crippen molar-refractivity contribution in [3.63, 3.8) is 0 Å². The summed E-state index contributed by atoms with van der Waals surface area (Å²) in [5.74, 6) is -3.53. The van der Waals surface area contributed by atoms with Gasteiger partial charge < -0.3 is 10.1 Å². The van der Waals surface area contributed by atoms with Gasteiger partial charge in [-0.25, -0.2) is 0 Å². The highest BCUT2D eigenvalue weighted by Gasteiger charge is 2.36. The number of anilines is 1. The van der Waals surface area contributed by atoms with Crippen LogP contribution in [-0.2, 0) is 19.1 Å². The van der Waals surface area contributed by atoms with Crippen LogP contribution >= 0.6 is 23.2 Å². The van der Waals surface area contributed by atoms with Crippen molar-refractivity contribution in [2.45, 2.75) is 6.42 Å². The maximum Gasteiger partial charge on any atom is 0.311 e. The van der Waals surface area contributed by atoms with Gasteiger partial charge in [0.1, 0.15) is 0 Å². The van der Waals surface area contributed by atoms with E-state index in [9.17, 15) is 29.3 Å². The molecular formula is C20H16Cl2N4O7. The van der Waals surface area contributed by atoms with Crippen molar-refractivity contribution in [2.24, 2.45) is 5.92 Å². The van der Waals surface area contributed by atoms with Crippen LogP contribution in [-0.4, -0.2) is 46.8 Å². The minimum absolute atomic E-state index is 0.142. The van der Waals surface area contributed by atoms with Gasteiger partial charge in [-0.2, -0.15) is 0 Å². The Bertz CT molecular complexity index is 1140. The number of nitrogens with zero attached hydrogens (tertiary/aromatic N) is 2. The molecule has 3 rings (SSSR count). The molecule has 1 aliphatic heterocycles. The zero-order valence-electron chi connectivity index (χ0n) is 16.7. The molecule has 11 nitrogen and oxygen atoms in total. The van der Waals surface area contributed by atoms with Crippen molar-refractivity contribution < 1.29 is 28.8 Å². The topological polar surface area (TPSA) is 148 Å². The Labute approximate surface area is 196 Å². The predicted molar refractivity (Wildman–Crippen MR) is 116 cm³/mol. The molecule has 2 aromatic carbocycles. The quantitative estimate of drug-likeness (QED) is 0.341. The summed E-state index contributed by atoms with van der Waals surface area (Å²) >= 11 is 11.7. The van der Waals surface area contributed by atoms with E-state index in [-0.39, 0.29) is 39.9 Å². The number of hydrogen-bond donors (Lipinski definition) is 2. The molecule has 3 amide bonds. The Hall–Kier alpha value is -3.70. The van der Waals surface area contributed by atoms with Crippen LogP contribution in [0.1, 0.15) is 16.8 Å². The number of hydrogen-bond acceptors (Lipinski definition) is 7. The molecule has 172 valence electrons. The second-order valence-corrected chi connectivity index (χ2v) is 7.75. The van der Waals surface area contributed by atoms with Gasteiger partial charge in [-0.1, -0.05) is 29.3 Å². The maximum absolute atomic E-state index is 12.3. The van der Waals surface area contributed by atoms with Crippen LogP contribution in [0.3, 0.4) is 0 Å². The molecule has 0 spiro atoms. The van der Waals surface area contributed by atoms with E-state index in [1.807, 2.05) is 0 Å². The van der Waals surface area contributed by atoms with E-state index in [0.29, 0.717) is 0 Å². The van der Waals surface area contributed by atoms with Gasteiger partial charge >= 0.3 is 5.97 Å². The number of hydrazine groups is 1. The van der Waals surface area contributed by atoms with E-state index in [1.54, 1.807) is 0 Å².